The van der Waals surface area contributed by atoms with Gasteiger partial charge >= 0.3 is 5.97 Å². The Hall–Kier alpha value is -1.75. The fourth-order valence-corrected chi connectivity index (χ4v) is 1.17. The van der Waals surface area contributed by atoms with Crippen molar-refractivity contribution in [1.82, 2.24) is 0 Å². The van der Waals surface area contributed by atoms with Gasteiger partial charge < -0.3 is 20.1 Å². The molecule has 0 fully saturated rings. The molecule has 0 radical (unpaired) electrons. The largest absolute Gasteiger partial charge is 0.504 e. The number of hydrogen-bond donors (Lipinski definition) is 3. The molecule has 0 aromatic heterocycles. The number of para-hydroxylation sites is 1. The van der Waals surface area contributed by atoms with Gasteiger partial charge in [0.2, 0.25) is 0 Å². The second-order valence-corrected chi connectivity index (χ2v) is 3.03. The summed E-state index contributed by atoms with van der Waals surface area (Å²) in [4.78, 5) is 10.9. The van der Waals surface area contributed by atoms with Gasteiger partial charge in [0.15, 0.2) is 17.6 Å². The maximum Gasteiger partial charge on any atom is 0.335 e. The van der Waals surface area contributed by atoms with Crippen LogP contribution in [0.25, 0.3) is 0 Å². The molecule has 5 heteroatoms. The summed E-state index contributed by atoms with van der Waals surface area (Å²) in [6.07, 6.45) is -1.45. The number of aliphatic hydroxyl groups is 1. The van der Waals surface area contributed by atoms with Crippen LogP contribution < -0.4 is 0 Å². The van der Waals surface area contributed by atoms with Crippen LogP contribution in [0.1, 0.15) is 5.56 Å². The average Bonchev–Trinajstić information content (AvgIpc) is 2.23. The first kappa shape index (κ1) is 11.3. The molecule has 5 nitrogen and oxygen atoms in total. The molecule has 1 aromatic rings. The van der Waals surface area contributed by atoms with E-state index < -0.39 is 12.1 Å². The molecule has 15 heavy (non-hydrogen) atoms. The van der Waals surface area contributed by atoms with Crippen molar-refractivity contribution in [2.75, 3.05) is 7.11 Å². The van der Waals surface area contributed by atoms with E-state index in [2.05, 4.69) is 4.74 Å². The summed E-state index contributed by atoms with van der Waals surface area (Å²) >= 11 is 0. The molecule has 1 unspecified atom stereocenters. The van der Waals surface area contributed by atoms with Gasteiger partial charge in [-0.3, -0.25) is 0 Å². The molecule has 0 aliphatic rings. The second-order valence-electron chi connectivity index (χ2n) is 3.03. The number of hydrogen-bond acceptors (Lipinski definition) is 5. The number of ether oxygens (including phenoxy) is 1. The van der Waals surface area contributed by atoms with E-state index in [0.717, 1.165) is 7.11 Å². The average molecular weight is 212 g/mol. The van der Waals surface area contributed by atoms with E-state index in [9.17, 15) is 15.0 Å². The van der Waals surface area contributed by atoms with Crippen molar-refractivity contribution < 1.29 is 24.9 Å². The molecular weight excluding hydrogens is 200 g/mol. The lowest BCUT2D eigenvalue weighted by Gasteiger charge is -2.10. The Morgan fingerprint density at radius 1 is 1.47 bits per heavy atom. The summed E-state index contributed by atoms with van der Waals surface area (Å²) in [5.74, 6) is -1.40. The van der Waals surface area contributed by atoms with Gasteiger partial charge in [-0.1, -0.05) is 12.1 Å². The van der Waals surface area contributed by atoms with E-state index in [1.807, 2.05) is 0 Å². The second kappa shape index (κ2) is 4.65. The highest BCUT2D eigenvalue weighted by atomic mass is 16.5. The first-order valence-corrected chi connectivity index (χ1v) is 4.32. The highest BCUT2D eigenvalue weighted by Gasteiger charge is 2.18. The first-order valence-electron chi connectivity index (χ1n) is 4.32. The van der Waals surface area contributed by atoms with Crippen LogP contribution in [0.15, 0.2) is 18.2 Å². The Morgan fingerprint density at radius 2 is 2.13 bits per heavy atom. The molecule has 0 bridgehead atoms. The Kier molecular flexibility index (Phi) is 3.51. The number of methoxy groups -OCH3 is 1. The predicted molar refractivity (Wildman–Crippen MR) is 51.5 cm³/mol. The Balaban J connectivity index is 2.81. The number of carbonyl (C=O) groups excluding carboxylic acids is 1. The summed E-state index contributed by atoms with van der Waals surface area (Å²) < 4.78 is 4.32. The van der Waals surface area contributed by atoms with Gasteiger partial charge in [0.1, 0.15) is 0 Å². The van der Waals surface area contributed by atoms with Crippen LogP contribution >= 0.6 is 0 Å². The summed E-state index contributed by atoms with van der Waals surface area (Å²) in [6.45, 7) is 0. The smallest absolute Gasteiger partial charge is 0.335 e. The van der Waals surface area contributed by atoms with Crippen molar-refractivity contribution in [2.24, 2.45) is 0 Å². The number of aromatic hydroxyl groups is 2. The van der Waals surface area contributed by atoms with Crippen molar-refractivity contribution in [2.45, 2.75) is 12.5 Å². The maximum atomic E-state index is 10.9. The Morgan fingerprint density at radius 3 is 2.73 bits per heavy atom. The fraction of sp³-hybridized carbons (Fsp3) is 0.300. The number of esters is 1. The molecule has 0 aliphatic carbocycles. The van der Waals surface area contributed by atoms with Gasteiger partial charge in [0.25, 0.3) is 0 Å². The van der Waals surface area contributed by atoms with Crippen molar-refractivity contribution in [3.63, 3.8) is 0 Å². The van der Waals surface area contributed by atoms with Crippen LogP contribution in [0.4, 0.5) is 0 Å². The predicted octanol–water partition coefficient (Wildman–Crippen LogP) is 0.174. The highest BCUT2D eigenvalue weighted by molar-refractivity contribution is 5.74. The highest BCUT2D eigenvalue weighted by Crippen LogP contribution is 2.28. The van der Waals surface area contributed by atoms with Crippen molar-refractivity contribution in [3.05, 3.63) is 23.8 Å². The lowest BCUT2D eigenvalue weighted by atomic mass is 10.1. The van der Waals surface area contributed by atoms with Crippen molar-refractivity contribution in [3.8, 4) is 11.5 Å². The number of rotatable bonds is 3. The minimum Gasteiger partial charge on any atom is -0.504 e. The van der Waals surface area contributed by atoms with Crippen molar-refractivity contribution in [1.29, 1.82) is 0 Å². The van der Waals surface area contributed by atoms with Gasteiger partial charge in [-0.25, -0.2) is 4.79 Å². The van der Waals surface area contributed by atoms with Crippen molar-refractivity contribution >= 4 is 5.97 Å². The lowest BCUT2D eigenvalue weighted by molar-refractivity contribution is -0.150. The molecule has 0 spiro atoms. The number of phenolic OH excluding ortho intramolecular Hbond substituents is 2. The van der Waals surface area contributed by atoms with E-state index >= 15 is 0 Å². The zero-order valence-corrected chi connectivity index (χ0v) is 8.17. The van der Waals surface area contributed by atoms with Gasteiger partial charge in [-0.05, 0) is 6.07 Å². The molecule has 0 heterocycles. The minimum absolute atomic E-state index is 0.104. The van der Waals surface area contributed by atoms with Gasteiger partial charge in [-0.2, -0.15) is 0 Å². The van der Waals surface area contributed by atoms with Crippen LogP contribution in [-0.4, -0.2) is 34.5 Å². The summed E-state index contributed by atoms with van der Waals surface area (Å²) in [7, 11) is 1.16. The monoisotopic (exact) mass is 212 g/mol. The van der Waals surface area contributed by atoms with Crippen LogP contribution in [0.2, 0.25) is 0 Å². The van der Waals surface area contributed by atoms with E-state index in [-0.39, 0.29) is 23.5 Å². The third-order valence-corrected chi connectivity index (χ3v) is 1.98. The molecule has 82 valence electrons. The molecule has 1 rings (SSSR count). The van der Waals surface area contributed by atoms with Crippen LogP contribution in [0.5, 0.6) is 11.5 Å². The molecule has 3 N–H and O–H groups in total. The van der Waals surface area contributed by atoms with Crippen LogP contribution in [0, 0.1) is 0 Å². The molecule has 1 aromatic carbocycles. The number of phenols is 2. The number of aliphatic hydroxyl groups excluding tert-OH is 1. The number of carbonyl (C=O) groups is 1. The molecule has 0 aliphatic heterocycles. The van der Waals surface area contributed by atoms with Crippen LogP contribution in [0.3, 0.4) is 0 Å². The SMILES string of the molecule is COC(=O)C(O)Cc1cccc(O)c1O. The van der Waals surface area contributed by atoms with E-state index in [1.165, 1.54) is 18.2 Å². The van der Waals surface area contributed by atoms with Gasteiger partial charge in [0, 0.05) is 12.0 Å². The number of benzene rings is 1. The minimum atomic E-state index is -1.34. The maximum absolute atomic E-state index is 10.9. The molecule has 1 atom stereocenters. The topological polar surface area (TPSA) is 87.0 Å². The summed E-state index contributed by atoms with van der Waals surface area (Å²) in [5, 5.41) is 27.9. The molecule has 0 saturated carbocycles. The first-order chi connectivity index (χ1) is 7.06. The van der Waals surface area contributed by atoms with Gasteiger partial charge in [0.05, 0.1) is 7.11 Å². The third kappa shape index (κ3) is 2.60. The van der Waals surface area contributed by atoms with Crippen LogP contribution in [-0.2, 0) is 16.0 Å². The molecular formula is C10H12O5. The normalized spacial score (nSPS) is 12.1. The summed E-state index contributed by atoms with van der Waals surface area (Å²) in [5.41, 5.74) is 0.285. The molecule has 0 saturated heterocycles. The Bertz CT molecular complexity index is 361. The molecule has 0 amide bonds. The zero-order chi connectivity index (χ0) is 11.4. The third-order valence-electron chi connectivity index (χ3n) is 1.98. The Labute approximate surface area is 86.5 Å². The standard InChI is InChI=1S/C10H12O5/c1-15-10(14)8(12)5-6-3-2-4-7(11)9(6)13/h2-4,8,11-13H,5H2,1H3. The zero-order valence-electron chi connectivity index (χ0n) is 8.17. The van der Waals surface area contributed by atoms with E-state index in [4.69, 9.17) is 5.11 Å². The van der Waals surface area contributed by atoms with E-state index in [1.54, 1.807) is 0 Å². The van der Waals surface area contributed by atoms with Gasteiger partial charge in [-0.15, -0.1) is 0 Å². The quantitative estimate of drug-likeness (QED) is 0.491. The summed E-state index contributed by atoms with van der Waals surface area (Å²) in [6, 6.07) is 4.32. The van der Waals surface area contributed by atoms with E-state index in [0.29, 0.717) is 0 Å². The fourth-order valence-electron chi connectivity index (χ4n) is 1.17. The lowest BCUT2D eigenvalue weighted by Crippen LogP contribution is -2.24.